The molecule has 0 aliphatic heterocycles. The normalized spacial score (nSPS) is 10.5. The van der Waals surface area contributed by atoms with Crippen molar-refractivity contribution in [1.29, 1.82) is 0 Å². The molecule has 0 amide bonds. The molecule has 110 valence electrons. The van der Waals surface area contributed by atoms with Crippen LogP contribution in [0.25, 0.3) is 10.9 Å². The number of aromatic carboxylic acids is 2. The third-order valence-corrected chi connectivity index (χ3v) is 2.96. The van der Waals surface area contributed by atoms with Crippen LogP contribution >= 0.6 is 0 Å². The number of hydrogen-bond donors (Lipinski definition) is 2. The van der Waals surface area contributed by atoms with Crippen LogP contribution in [0.1, 0.15) is 27.1 Å². The number of carbonyl (C=O) groups excluding carboxylic acids is 2. The summed E-state index contributed by atoms with van der Waals surface area (Å²) >= 11 is 0. The van der Waals surface area contributed by atoms with Crippen LogP contribution in [0.5, 0.6) is 0 Å². The summed E-state index contributed by atoms with van der Waals surface area (Å²) in [7, 11) is 0. The predicted molar refractivity (Wildman–Crippen MR) is 70.6 cm³/mol. The minimum atomic E-state index is -1.42. The van der Waals surface area contributed by atoms with Gasteiger partial charge in [-0.25, -0.2) is 0 Å². The number of benzene rings is 1. The molecule has 0 atom stereocenters. The molecule has 0 bridgehead atoms. The number of aliphatic hydroxyl groups is 1. The third kappa shape index (κ3) is 3.09. The summed E-state index contributed by atoms with van der Waals surface area (Å²) in [6, 6.07) is 4.10. The van der Waals surface area contributed by atoms with Crippen LogP contribution in [-0.4, -0.2) is 35.2 Å². The zero-order chi connectivity index (χ0) is 15.4. The molecular formula is C14H12N2O5-2. The molecule has 2 rings (SSSR count). The number of rotatable bonds is 6. The standard InChI is InChI=1S/C14H14N2O5/c17-5-1-4-15-12-9-6-8(13(18)19)2-3-11(9)16-7-10(12)14(20)21/h2-3,6-7,17H,1,4-5H2,(H,15,16)(H,18,19)(H,20,21)/p-2. The lowest BCUT2D eigenvalue weighted by atomic mass is 10.1. The quantitative estimate of drug-likeness (QED) is 0.636. The minimum Gasteiger partial charge on any atom is -0.545 e. The summed E-state index contributed by atoms with van der Waals surface area (Å²) in [5.74, 6) is -2.79. The van der Waals surface area contributed by atoms with E-state index >= 15 is 0 Å². The van der Waals surface area contributed by atoms with E-state index in [2.05, 4.69) is 10.3 Å². The largest absolute Gasteiger partial charge is 0.545 e. The van der Waals surface area contributed by atoms with E-state index in [9.17, 15) is 19.8 Å². The number of carbonyl (C=O) groups is 2. The van der Waals surface area contributed by atoms with Gasteiger partial charge in [0.2, 0.25) is 0 Å². The van der Waals surface area contributed by atoms with E-state index in [-0.39, 0.29) is 23.4 Å². The van der Waals surface area contributed by atoms with Gasteiger partial charge in [0.15, 0.2) is 0 Å². The first-order chi connectivity index (χ1) is 10.0. The summed E-state index contributed by atoms with van der Waals surface area (Å²) in [5, 5.41) is 34.1. The second-order valence-corrected chi connectivity index (χ2v) is 4.36. The molecule has 0 fully saturated rings. The van der Waals surface area contributed by atoms with Gasteiger partial charge in [0, 0.05) is 30.3 Å². The first-order valence-corrected chi connectivity index (χ1v) is 6.24. The molecule has 0 radical (unpaired) electrons. The average Bonchev–Trinajstić information content (AvgIpc) is 2.46. The number of aromatic nitrogens is 1. The van der Waals surface area contributed by atoms with Crippen LogP contribution in [0.3, 0.4) is 0 Å². The molecule has 21 heavy (non-hydrogen) atoms. The maximum absolute atomic E-state index is 11.1. The van der Waals surface area contributed by atoms with Crippen LogP contribution in [-0.2, 0) is 0 Å². The Hall–Kier alpha value is -2.67. The monoisotopic (exact) mass is 288 g/mol. The van der Waals surface area contributed by atoms with E-state index in [1.165, 1.54) is 18.2 Å². The number of carboxylic acid groups (broad SMARTS) is 2. The zero-order valence-electron chi connectivity index (χ0n) is 11.0. The predicted octanol–water partition coefficient (Wildman–Crippen LogP) is -1.24. The second kappa shape index (κ2) is 6.19. The number of hydrogen-bond acceptors (Lipinski definition) is 7. The van der Waals surface area contributed by atoms with Gasteiger partial charge in [0.05, 0.1) is 23.1 Å². The molecule has 7 heteroatoms. The lowest BCUT2D eigenvalue weighted by Gasteiger charge is -2.16. The molecule has 2 aromatic rings. The van der Waals surface area contributed by atoms with Crippen molar-refractivity contribution in [3.8, 4) is 0 Å². The molecule has 0 saturated carbocycles. The van der Waals surface area contributed by atoms with E-state index in [0.29, 0.717) is 23.9 Å². The number of fused-ring (bicyclic) bond motifs is 1. The molecule has 0 aliphatic carbocycles. The minimum absolute atomic E-state index is 0.0546. The Morgan fingerprint density at radius 2 is 2.00 bits per heavy atom. The van der Waals surface area contributed by atoms with Gasteiger partial charge >= 0.3 is 0 Å². The number of nitrogens with one attached hydrogen (secondary N) is 1. The van der Waals surface area contributed by atoms with Crippen LogP contribution in [0.15, 0.2) is 24.4 Å². The maximum atomic E-state index is 11.1. The Morgan fingerprint density at radius 3 is 2.62 bits per heavy atom. The van der Waals surface area contributed by atoms with Gasteiger partial charge in [-0.05, 0) is 24.1 Å². The highest BCUT2D eigenvalue weighted by Crippen LogP contribution is 2.26. The first-order valence-electron chi connectivity index (χ1n) is 6.24. The molecule has 7 nitrogen and oxygen atoms in total. The number of carboxylic acids is 2. The highest BCUT2D eigenvalue weighted by atomic mass is 16.4. The van der Waals surface area contributed by atoms with Crippen LogP contribution in [0, 0.1) is 0 Å². The molecule has 1 aromatic heterocycles. The van der Waals surface area contributed by atoms with E-state index in [0.717, 1.165) is 6.20 Å². The van der Waals surface area contributed by atoms with Crippen molar-refractivity contribution >= 4 is 28.5 Å². The summed E-state index contributed by atoms with van der Waals surface area (Å²) in [4.78, 5) is 26.0. The molecule has 0 spiro atoms. The van der Waals surface area contributed by atoms with Crippen molar-refractivity contribution in [3.05, 3.63) is 35.5 Å². The van der Waals surface area contributed by atoms with Gasteiger partial charge in [-0.15, -0.1) is 0 Å². The molecule has 1 heterocycles. The van der Waals surface area contributed by atoms with E-state index in [1.54, 1.807) is 0 Å². The van der Waals surface area contributed by atoms with Gasteiger partial charge in [-0.2, -0.15) is 0 Å². The van der Waals surface area contributed by atoms with Crippen LogP contribution < -0.4 is 15.5 Å². The topological polar surface area (TPSA) is 125 Å². The van der Waals surface area contributed by atoms with Crippen molar-refractivity contribution in [3.63, 3.8) is 0 Å². The first kappa shape index (κ1) is 14.7. The van der Waals surface area contributed by atoms with Crippen molar-refractivity contribution in [2.45, 2.75) is 6.42 Å². The molecule has 0 aliphatic rings. The highest BCUT2D eigenvalue weighted by Gasteiger charge is 2.10. The lowest BCUT2D eigenvalue weighted by Crippen LogP contribution is -2.25. The Kier molecular flexibility index (Phi) is 4.34. The molecular weight excluding hydrogens is 276 g/mol. The van der Waals surface area contributed by atoms with E-state index in [1.807, 2.05) is 0 Å². The summed E-state index contributed by atoms with van der Waals surface area (Å²) in [6.45, 7) is 0.270. The summed E-state index contributed by atoms with van der Waals surface area (Å²) in [5.41, 5.74) is 0.411. The maximum Gasteiger partial charge on any atom is 0.0751 e. The molecule has 0 unspecified atom stereocenters. The van der Waals surface area contributed by atoms with Crippen molar-refractivity contribution in [2.24, 2.45) is 0 Å². The van der Waals surface area contributed by atoms with Gasteiger partial charge in [-0.3, -0.25) is 4.98 Å². The van der Waals surface area contributed by atoms with Crippen LogP contribution in [0.4, 0.5) is 5.69 Å². The summed E-state index contributed by atoms with van der Waals surface area (Å²) in [6.07, 6.45) is 1.56. The van der Waals surface area contributed by atoms with Crippen molar-refractivity contribution < 1.29 is 24.9 Å². The van der Waals surface area contributed by atoms with Gasteiger partial charge < -0.3 is 30.2 Å². The highest BCUT2D eigenvalue weighted by molar-refractivity contribution is 6.05. The Morgan fingerprint density at radius 1 is 1.24 bits per heavy atom. The van der Waals surface area contributed by atoms with Gasteiger partial charge in [0.25, 0.3) is 0 Å². The number of anilines is 1. The lowest BCUT2D eigenvalue weighted by molar-refractivity contribution is -0.256. The van der Waals surface area contributed by atoms with Gasteiger partial charge in [-0.1, -0.05) is 6.07 Å². The van der Waals surface area contributed by atoms with E-state index < -0.39 is 11.9 Å². The number of nitrogens with zero attached hydrogens (tertiary/aromatic N) is 1. The van der Waals surface area contributed by atoms with Crippen LogP contribution in [0.2, 0.25) is 0 Å². The number of pyridine rings is 1. The van der Waals surface area contributed by atoms with E-state index in [4.69, 9.17) is 5.11 Å². The Balaban J connectivity index is 2.60. The van der Waals surface area contributed by atoms with Crippen molar-refractivity contribution in [2.75, 3.05) is 18.5 Å². The number of aliphatic hydroxyl groups excluding tert-OH is 1. The molecule has 0 saturated heterocycles. The fourth-order valence-electron chi connectivity index (χ4n) is 1.96. The second-order valence-electron chi connectivity index (χ2n) is 4.36. The third-order valence-electron chi connectivity index (χ3n) is 2.96. The fourth-order valence-corrected chi connectivity index (χ4v) is 1.96. The van der Waals surface area contributed by atoms with Crippen molar-refractivity contribution in [1.82, 2.24) is 4.98 Å². The smallest absolute Gasteiger partial charge is 0.0751 e. The fraction of sp³-hybridized carbons (Fsp3) is 0.214. The average molecular weight is 288 g/mol. The molecule has 2 N–H and O–H groups in total. The Bertz CT molecular complexity index is 694. The SMILES string of the molecule is O=C([O-])c1ccc2ncc(C(=O)[O-])c(NCCCO)c2c1. The molecule has 1 aromatic carbocycles. The van der Waals surface area contributed by atoms with Gasteiger partial charge in [0.1, 0.15) is 0 Å². The zero-order valence-corrected chi connectivity index (χ0v) is 11.0. The summed E-state index contributed by atoms with van der Waals surface area (Å²) < 4.78 is 0. The Labute approximate surface area is 119 Å².